The molecule has 0 unspecified atom stereocenters. The van der Waals surface area contributed by atoms with Crippen LogP contribution in [0.1, 0.15) is 51.4 Å². The number of carbonyl (C=O) groups excluding carboxylic acids is 1. The molecule has 0 radical (unpaired) electrons. The van der Waals surface area contributed by atoms with Crippen molar-refractivity contribution >= 4 is 15.9 Å². The molecule has 2 saturated carbocycles. The zero-order valence-electron chi connectivity index (χ0n) is 15.2. The molecule has 4 rings (SSSR count). The summed E-state index contributed by atoms with van der Waals surface area (Å²) < 4.78 is 30.0. The Balaban J connectivity index is 1.59. The van der Waals surface area contributed by atoms with Crippen molar-refractivity contribution in [2.24, 2.45) is 5.92 Å². The summed E-state index contributed by atoms with van der Waals surface area (Å²) in [5.41, 5.74) is 0. The Hall–Kier alpha value is -1.41. The quantitative estimate of drug-likeness (QED) is 0.723. The highest BCUT2D eigenvalue weighted by atomic mass is 32.2. The fourth-order valence-corrected chi connectivity index (χ4v) is 5.89. The third-order valence-electron chi connectivity index (χ3n) is 5.86. The minimum absolute atomic E-state index is 0.0401. The number of sulfonamides is 1. The van der Waals surface area contributed by atoms with Crippen molar-refractivity contribution in [3.8, 4) is 0 Å². The van der Waals surface area contributed by atoms with E-state index in [9.17, 15) is 13.2 Å². The predicted molar refractivity (Wildman–Crippen MR) is 96.9 cm³/mol. The molecule has 1 saturated heterocycles. The summed E-state index contributed by atoms with van der Waals surface area (Å²) in [7, 11) is -3.73. The van der Waals surface area contributed by atoms with Gasteiger partial charge in [-0.2, -0.15) is 9.40 Å². The van der Waals surface area contributed by atoms with Crippen molar-refractivity contribution in [1.29, 1.82) is 0 Å². The smallest absolute Gasteiger partial charge is 0.260 e. The summed E-state index contributed by atoms with van der Waals surface area (Å²) in [5.74, 6) is 0.473. The van der Waals surface area contributed by atoms with Crippen LogP contribution in [0.15, 0.2) is 17.3 Å². The molecule has 2 aliphatic carbocycles. The van der Waals surface area contributed by atoms with Crippen molar-refractivity contribution in [1.82, 2.24) is 19.0 Å². The van der Waals surface area contributed by atoms with Gasteiger partial charge in [-0.1, -0.05) is 12.8 Å². The zero-order valence-corrected chi connectivity index (χ0v) is 16.0. The van der Waals surface area contributed by atoms with Gasteiger partial charge >= 0.3 is 0 Å². The van der Waals surface area contributed by atoms with Gasteiger partial charge in [-0.25, -0.2) is 8.42 Å². The Bertz CT molecular complexity index is 744. The van der Waals surface area contributed by atoms with Gasteiger partial charge in [0.05, 0.1) is 12.7 Å². The molecule has 7 nitrogen and oxygen atoms in total. The number of nitrogens with zero attached hydrogens (tertiary/aromatic N) is 4. The van der Waals surface area contributed by atoms with Crippen molar-refractivity contribution in [3.05, 3.63) is 12.3 Å². The van der Waals surface area contributed by atoms with E-state index in [1.165, 1.54) is 4.31 Å². The number of aromatic nitrogens is 2. The summed E-state index contributed by atoms with van der Waals surface area (Å²) in [6.45, 7) is 2.11. The number of carbonyl (C=O) groups is 1. The molecular weight excluding hydrogens is 352 g/mol. The van der Waals surface area contributed by atoms with E-state index in [1.807, 2.05) is 0 Å². The second-order valence-corrected chi connectivity index (χ2v) is 9.71. The van der Waals surface area contributed by atoms with Crippen LogP contribution in [0, 0.1) is 5.92 Å². The number of rotatable bonds is 7. The molecule has 3 fully saturated rings. The Labute approximate surface area is 155 Å². The van der Waals surface area contributed by atoms with E-state index in [-0.39, 0.29) is 23.5 Å². The van der Waals surface area contributed by atoms with Gasteiger partial charge in [0.15, 0.2) is 5.03 Å². The summed E-state index contributed by atoms with van der Waals surface area (Å²) in [6.07, 6.45) is 9.58. The number of hydrogen-bond acceptors (Lipinski definition) is 4. The maximum absolute atomic E-state index is 13.4. The van der Waals surface area contributed by atoms with E-state index in [2.05, 4.69) is 5.10 Å². The average molecular weight is 381 g/mol. The van der Waals surface area contributed by atoms with Crippen molar-refractivity contribution in [2.75, 3.05) is 19.6 Å². The number of amides is 1. The van der Waals surface area contributed by atoms with Gasteiger partial charge in [0.25, 0.3) is 10.0 Å². The second kappa shape index (κ2) is 7.31. The largest absolute Gasteiger partial charge is 0.342 e. The lowest BCUT2D eigenvalue weighted by Crippen LogP contribution is -2.46. The van der Waals surface area contributed by atoms with Gasteiger partial charge < -0.3 is 4.90 Å². The minimum Gasteiger partial charge on any atom is -0.342 e. The Morgan fingerprint density at radius 1 is 1.12 bits per heavy atom. The van der Waals surface area contributed by atoms with Gasteiger partial charge in [0, 0.05) is 25.7 Å². The first-order valence-corrected chi connectivity index (χ1v) is 11.3. The third-order valence-corrected chi connectivity index (χ3v) is 7.78. The summed E-state index contributed by atoms with van der Waals surface area (Å²) in [5, 5.41) is 4.48. The van der Waals surface area contributed by atoms with E-state index < -0.39 is 10.0 Å². The van der Waals surface area contributed by atoms with Gasteiger partial charge in [0.1, 0.15) is 0 Å². The van der Waals surface area contributed by atoms with Crippen LogP contribution in [-0.2, 0) is 21.4 Å². The van der Waals surface area contributed by atoms with Crippen LogP contribution in [0.5, 0.6) is 0 Å². The SMILES string of the molecule is O=C(CN(C1CCCC1)S(=O)(=O)c1ccnn1CC1CC1)N1CCCC1. The Morgan fingerprint density at radius 3 is 2.46 bits per heavy atom. The molecule has 1 aliphatic heterocycles. The van der Waals surface area contributed by atoms with Crippen LogP contribution in [0.25, 0.3) is 0 Å². The summed E-state index contributed by atoms with van der Waals surface area (Å²) in [4.78, 5) is 14.5. The van der Waals surface area contributed by atoms with Crippen LogP contribution < -0.4 is 0 Å². The first-order valence-electron chi connectivity index (χ1n) is 9.87. The van der Waals surface area contributed by atoms with Gasteiger partial charge in [0.2, 0.25) is 5.91 Å². The highest BCUT2D eigenvalue weighted by Gasteiger charge is 2.38. The predicted octanol–water partition coefficient (Wildman–Crippen LogP) is 1.85. The Kier molecular flexibility index (Phi) is 5.05. The van der Waals surface area contributed by atoms with E-state index in [4.69, 9.17) is 0 Å². The van der Waals surface area contributed by atoms with E-state index in [0.29, 0.717) is 12.5 Å². The molecule has 26 heavy (non-hydrogen) atoms. The minimum atomic E-state index is -3.73. The fourth-order valence-electron chi connectivity index (χ4n) is 4.14. The molecule has 0 aromatic carbocycles. The number of hydrogen-bond donors (Lipinski definition) is 0. The molecule has 1 aromatic rings. The molecule has 8 heteroatoms. The molecule has 0 bridgehead atoms. The van der Waals surface area contributed by atoms with Crippen LogP contribution in [0.4, 0.5) is 0 Å². The first kappa shape index (κ1) is 18.0. The normalized spacial score (nSPS) is 21.8. The highest BCUT2D eigenvalue weighted by molar-refractivity contribution is 7.89. The maximum Gasteiger partial charge on any atom is 0.260 e. The van der Waals surface area contributed by atoms with Crippen molar-refractivity contribution in [3.63, 3.8) is 0 Å². The lowest BCUT2D eigenvalue weighted by molar-refractivity contribution is -0.130. The molecule has 1 aromatic heterocycles. The molecule has 2 heterocycles. The van der Waals surface area contributed by atoms with Crippen LogP contribution in [0.3, 0.4) is 0 Å². The molecule has 1 amide bonds. The highest BCUT2D eigenvalue weighted by Crippen LogP contribution is 2.33. The van der Waals surface area contributed by atoms with Gasteiger partial charge in [-0.05, 0) is 50.5 Å². The lowest BCUT2D eigenvalue weighted by atomic mass is 10.2. The summed E-state index contributed by atoms with van der Waals surface area (Å²) in [6, 6.07) is 1.51. The van der Waals surface area contributed by atoms with Gasteiger partial charge in [-0.3, -0.25) is 9.48 Å². The topological polar surface area (TPSA) is 75.5 Å². The van der Waals surface area contributed by atoms with Crippen molar-refractivity contribution in [2.45, 2.75) is 69.0 Å². The van der Waals surface area contributed by atoms with Crippen LogP contribution in [-0.4, -0.2) is 59.0 Å². The molecule has 3 aliphatic rings. The standard InChI is InChI=1S/C18H28N4O3S/c23-17(20-11-3-4-12-20)14-22(16-5-1-2-6-16)26(24,25)18-9-10-19-21(18)13-15-7-8-15/h9-10,15-16H,1-8,11-14H2. The van der Waals surface area contributed by atoms with Crippen LogP contribution in [0.2, 0.25) is 0 Å². The third kappa shape index (κ3) is 3.67. The maximum atomic E-state index is 13.4. The molecule has 0 spiro atoms. The molecule has 0 N–H and O–H groups in total. The van der Waals surface area contributed by atoms with E-state index in [0.717, 1.165) is 64.5 Å². The van der Waals surface area contributed by atoms with Gasteiger partial charge in [-0.15, -0.1) is 0 Å². The number of likely N-dealkylation sites (tertiary alicyclic amines) is 1. The molecule has 0 atom stereocenters. The molecular formula is C18H28N4O3S. The fraction of sp³-hybridized carbons (Fsp3) is 0.778. The van der Waals surface area contributed by atoms with Crippen LogP contribution >= 0.6 is 0 Å². The van der Waals surface area contributed by atoms with E-state index >= 15 is 0 Å². The van der Waals surface area contributed by atoms with Crippen molar-refractivity contribution < 1.29 is 13.2 Å². The summed E-state index contributed by atoms with van der Waals surface area (Å²) >= 11 is 0. The molecule has 144 valence electrons. The monoisotopic (exact) mass is 380 g/mol. The second-order valence-electron chi connectivity index (χ2n) is 7.87. The van der Waals surface area contributed by atoms with E-state index in [1.54, 1.807) is 21.8 Å². The Morgan fingerprint density at radius 2 is 1.81 bits per heavy atom. The average Bonchev–Trinajstić information content (AvgIpc) is 3.11. The first-order chi connectivity index (χ1) is 12.6. The lowest BCUT2D eigenvalue weighted by Gasteiger charge is -2.29. The zero-order chi connectivity index (χ0) is 18.1.